The first-order valence-electron chi connectivity index (χ1n) is 6.38. The molecule has 0 aromatic rings. The van der Waals surface area contributed by atoms with Gasteiger partial charge in [-0.15, -0.1) is 6.58 Å². The molecule has 2 N–H and O–H groups in total. The van der Waals surface area contributed by atoms with Crippen LogP contribution in [0, 0.1) is 5.92 Å². The Kier molecular flexibility index (Phi) is 4.41. The quantitative estimate of drug-likeness (QED) is 0.559. The molecule has 0 radical (unpaired) electrons. The maximum absolute atomic E-state index is 10.9. The Hall–Kier alpha value is -0.773. The minimum atomic E-state index is -1.01. The fourth-order valence-corrected chi connectivity index (χ4v) is 3.57. The number of hydrogen-bond donors (Lipinski definition) is 1. The zero-order chi connectivity index (χ0) is 13.1. The maximum atomic E-state index is 10.9. The average Bonchev–Trinajstić information content (AvgIpc) is 2.84. The predicted octanol–water partition coefficient (Wildman–Crippen LogP) is 3.53. The summed E-state index contributed by atoms with van der Waals surface area (Å²) in [5.74, 6) is 0.515. The van der Waals surface area contributed by atoms with Crippen molar-refractivity contribution in [3.63, 3.8) is 0 Å². The second-order valence-corrected chi connectivity index (χ2v) is 11.9. The van der Waals surface area contributed by atoms with E-state index in [1.165, 1.54) is 12.5 Å². The summed E-state index contributed by atoms with van der Waals surface area (Å²) in [6.45, 7) is 10.8. The number of ether oxygens (including phenoxy) is 1. The van der Waals surface area contributed by atoms with Gasteiger partial charge in [0, 0.05) is 14.0 Å². The van der Waals surface area contributed by atoms with Crippen molar-refractivity contribution < 1.29 is 9.53 Å². The summed E-state index contributed by atoms with van der Waals surface area (Å²) in [5.41, 5.74) is 4.89. The summed E-state index contributed by atoms with van der Waals surface area (Å²) < 4.78 is 5.34. The maximum Gasteiger partial charge on any atom is 0.405 e. The largest absolute Gasteiger partial charge is 0.443 e. The molecule has 4 heteroatoms. The van der Waals surface area contributed by atoms with Gasteiger partial charge in [-0.3, -0.25) is 0 Å². The van der Waals surface area contributed by atoms with Gasteiger partial charge >= 0.3 is 6.09 Å². The molecule has 0 aliphatic heterocycles. The molecule has 1 rings (SSSR count). The predicted molar refractivity (Wildman–Crippen MR) is 73.7 cm³/mol. The van der Waals surface area contributed by atoms with Crippen molar-refractivity contribution in [3.05, 3.63) is 12.7 Å². The third kappa shape index (κ3) is 4.54. The van der Waals surface area contributed by atoms with E-state index < -0.39 is 14.2 Å². The average molecular weight is 255 g/mol. The highest BCUT2D eigenvalue weighted by Gasteiger charge is 2.56. The number of carbonyl (C=O) groups excluding carboxylic acids is 1. The molecule has 2 unspecified atom stereocenters. The van der Waals surface area contributed by atoms with E-state index in [0.717, 1.165) is 19.3 Å². The zero-order valence-corrected chi connectivity index (χ0v) is 12.3. The van der Waals surface area contributed by atoms with E-state index in [0.29, 0.717) is 5.92 Å². The van der Waals surface area contributed by atoms with Crippen LogP contribution in [0.25, 0.3) is 0 Å². The second kappa shape index (κ2) is 5.25. The van der Waals surface area contributed by atoms with E-state index in [2.05, 4.69) is 26.2 Å². The lowest BCUT2D eigenvalue weighted by molar-refractivity contribution is 0.0740. The van der Waals surface area contributed by atoms with Crippen molar-refractivity contribution in [2.45, 2.75) is 57.0 Å². The third-order valence-corrected chi connectivity index (χ3v) is 5.28. The van der Waals surface area contributed by atoms with Gasteiger partial charge in [0.25, 0.3) is 0 Å². The van der Waals surface area contributed by atoms with Gasteiger partial charge in [0.15, 0.2) is 0 Å². The number of allylic oxidation sites excluding steroid dienone is 1. The Morgan fingerprint density at radius 1 is 1.59 bits per heavy atom. The Morgan fingerprint density at radius 3 is 2.71 bits per heavy atom. The molecule has 1 aliphatic rings. The van der Waals surface area contributed by atoms with Gasteiger partial charge in [0.2, 0.25) is 0 Å². The number of carbonyl (C=O) groups is 1. The Bertz CT molecular complexity index is 298. The molecule has 17 heavy (non-hydrogen) atoms. The molecule has 0 aromatic heterocycles. The van der Waals surface area contributed by atoms with Crippen LogP contribution in [0.1, 0.15) is 25.7 Å². The number of nitrogens with two attached hydrogens (primary N) is 1. The molecule has 0 saturated heterocycles. The summed E-state index contributed by atoms with van der Waals surface area (Å²) in [7, 11) is -1.01. The molecule has 2 atom stereocenters. The van der Waals surface area contributed by atoms with Gasteiger partial charge in [-0.25, -0.2) is 4.79 Å². The second-order valence-electron chi connectivity index (χ2n) is 6.31. The molecule has 98 valence electrons. The fraction of sp³-hybridized carbons (Fsp3) is 0.769. The van der Waals surface area contributed by atoms with Crippen LogP contribution >= 0.6 is 0 Å². The molecule has 1 amide bonds. The number of rotatable bonds is 7. The topological polar surface area (TPSA) is 52.3 Å². The monoisotopic (exact) mass is 255 g/mol. The van der Waals surface area contributed by atoms with Crippen LogP contribution in [-0.2, 0) is 4.74 Å². The van der Waals surface area contributed by atoms with Crippen molar-refractivity contribution in [1.29, 1.82) is 0 Å². The third-order valence-electron chi connectivity index (χ3n) is 3.49. The minimum Gasteiger partial charge on any atom is -0.443 e. The molecule has 1 fully saturated rings. The zero-order valence-electron chi connectivity index (χ0n) is 11.3. The Labute approximate surface area is 105 Å². The van der Waals surface area contributed by atoms with E-state index in [1.807, 2.05) is 6.08 Å². The van der Waals surface area contributed by atoms with Crippen LogP contribution in [0.15, 0.2) is 12.7 Å². The van der Waals surface area contributed by atoms with Gasteiger partial charge in [-0.05, 0) is 25.7 Å². The van der Waals surface area contributed by atoms with Gasteiger partial charge in [-0.1, -0.05) is 31.8 Å². The molecule has 0 aromatic carbocycles. The summed E-state index contributed by atoms with van der Waals surface area (Å²) in [6.07, 6.45) is 5.14. The summed E-state index contributed by atoms with van der Waals surface area (Å²) in [5, 5.41) is 0. The number of amides is 1. The van der Waals surface area contributed by atoms with E-state index in [4.69, 9.17) is 10.5 Å². The highest BCUT2D eigenvalue weighted by atomic mass is 28.3. The lowest BCUT2D eigenvalue weighted by Crippen LogP contribution is -2.27. The van der Waals surface area contributed by atoms with E-state index >= 15 is 0 Å². The summed E-state index contributed by atoms with van der Waals surface area (Å²) in [6, 6.07) is 1.29. The first-order chi connectivity index (χ1) is 7.79. The molecule has 3 nitrogen and oxygen atoms in total. The summed E-state index contributed by atoms with van der Waals surface area (Å²) >= 11 is 0. The van der Waals surface area contributed by atoms with Crippen LogP contribution in [0.2, 0.25) is 25.7 Å². The smallest absolute Gasteiger partial charge is 0.405 e. The van der Waals surface area contributed by atoms with Crippen molar-refractivity contribution in [2.75, 3.05) is 0 Å². The first-order valence-corrected chi connectivity index (χ1v) is 10.1. The highest BCUT2D eigenvalue weighted by molar-refractivity contribution is 6.76. The molecule has 0 heterocycles. The van der Waals surface area contributed by atoms with Crippen LogP contribution in [0.4, 0.5) is 4.79 Å². The first kappa shape index (κ1) is 14.3. The van der Waals surface area contributed by atoms with Gasteiger partial charge in [0.05, 0.1) is 0 Å². The van der Waals surface area contributed by atoms with Crippen molar-refractivity contribution in [3.8, 4) is 0 Å². The summed E-state index contributed by atoms with van der Waals surface area (Å²) in [4.78, 5) is 10.9. The molecule has 0 spiro atoms. The minimum absolute atomic E-state index is 0.264. The van der Waals surface area contributed by atoms with Crippen molar-refractivity contribution in [1.82, 2.24) is 0 Å². The lowest BCUT2D eigenvalue weighted by atomic mass is 10.1. The molecular weight excluding hydrogens is 230 g/mol. The SMILES string of the molecule is C=CCCC1(OC(N)=O)CC1CC[Si](C)(C)C. The van der Waals surface area contributed by atoms with Gasteiger partial charge in [0.1, 0.15) is 5.60 Å². The van der Waals surface area contributed by atoms with Gasteiger partial charge < -0.3 is 10.5 Å². The Morgan fingerprint density at radius 2 is 2.24 bits per heavy atom. The fourth-order valence-electron chi connectivity index (χ4n) is 2.36. The standard InChI is InChI=1S/C13H25NO2Si/c1-5-6-8-13(16-12(14)15)10-11(13)7-9-17(2,3)4/h5,11H,1,6-10H2,2-4H3,(H2,14,15). The number of hydrogen-bond acceptors (Lipinski definition) is 2. The molecule has 0 bridgehead atoms. The van der Waals surface area contributed by atoms with E-state index in [9.17, 15) is 4.79 Å². The van der Waals surface area contributed by atoms with Crippen LogP contribution in [-0.4, -0.2) is 19.8 Å². The Balaban J connectivity index is 2.47. The normalized spacial score (nSPS) is 27.6. The molecule has 1 saturated carbocycles. The highest BCUT2D eigenvalue weighted by Crippen LogP contribution is 2.53. The lowest BCUT2D eigenvalue weighted by Gasteiger charge is -2.19. The molecule has 1 aliphatic carbocycles. The van der Waals surface area contributed by atoms with Crippen molar-refractivity contribution >= 4 is 14.2 Å². The van der Waals surface area contributed by atoms with Crippen LogP contribution < -0.4 is 5.73 Å². The van der Waals surface area contributed by atoms with E-state index in [-0.39, 0.29) is 5.60 Å². The number of primary amides is 1. The van der Waals surface area contributed by atoms with Gasteiger partial charge in [-0.2, -0.15) is 0 Å². The van der Waals surface area contributed by atoms with Crippen molar-refractivity contribution in [2.24, 2.45) is 11.7 Å². The van der Waals surface area contributed by atoms with Crippen LogP contribution in [0.5, 0.6) is 0 Å². The van der Waals surface area contributed by atoms with E-state index in [1.54, 1.807) is 0 Å². The van der Waals surface area contributed by atoms with Crippen LogP contribution in [0.3, 0.4) is 0 Å². The molecular formula is C13H25NO2Si.